The van der Waals surface area contributed by atoms with Gasteiger partial charge in [-0.15, -0.1) is 0 Å². The first-order valence-corrected chi connectivity index (χ1v) is 6.73. The standard InChI is InChI=1S/C13H28N2O/c1-11(2)15(3)10-5-4-9-14-12-7-6-8-13(12)16/h11-14,16H,4-10H2,1-3H3. The summed E-state index contributed by atoms with van der Waals surface area (Å²) in [7, 11) is 2.18. The van der Waals surface area contributed by atoms with Crippen molar-refractivity contribution < 1.29 is 5.11 Å². The molecule has 2 atom stereocenters. The third-order valence-corrected chi connectivity index (χ3v) is 3.71. The zero-order valence-electron chi connectivity index (χ0n) is 11.1. The van der Waals surface area contributed by atoms with E-state index >= 15 is 0 Å². The number of rotatable bonds is 7. The van der Waals surface area contributed by atoms with Crippen LogP contribution in [0.1, 0.15) is 46.0 Å². The van der Waals surface area contributed by atoms with Crippen LogP contribution < -0.4 is 5.32 Å². The second-order valence-corrected chi connectivity index (χ2v) is 5.34. The molecule has 0 aromatic rings. The molecule has 1 rings (SSSR count). The van der Waals surface area contributed by atoms with Crippen molar-refractivity contribution in [1.82, 2.24) is 10.2 Å². The molecule has 0 saturated heterocycles. The molecule has 1 saturated carbocycles. The molecule has 0 aromatic heterocycles. The Balaban J connectivity index is 1.95. The van der Waals surface area contributed by atoms with Gasteiger partial charge in [-0.2, -0.15) is 0 Å². The Morgan fingerprint density at radius 3 is 2.62 bits per heavy atom. The van der Waals surface area contributed by atoms with E-state index < -0.39 is 0 Å². The van der Waals surface area contributed by atoms with Crippen molar-refractivity contribution in [1.29, 1.82) is 0 Å². The highest BCUT2D eigenvalue weighted by Gasteiger charge is 2.23. The van der Waals surface area contributed by atoms with Gasteiger partial charge in [0.1, 0.15) is 0 Å². The van der Waals surface area contributed by atoms with E-state index in [0.29, 0.717) is 12.1 Å². The highest BCUT2D eigenvalue weighted by Crippen LogP contribution is 2.18. The lowest BCUT2D eigenvalue weighted by Gasteiger charge is -2.21. The second kappa shape index (κ2) is 7.25. The van der Waals surface area contributed by atoms with Gasteiger partial charge in [-0.25, -0.2) is 0 Å². The van der Waals surface area contributed by atoms with Crippen LogP contribution in [-0.4, -0.2) is 48.3 Å². The summed E-state index contributed by atoms with van der Waals surface area (Å²) in [6.45, 7) is 6.68. The lowest BCUT2D eigenvalue weighted by molar-refractivity contribution is 0.149. The SMILES string of the molecule is CC(C)N(C)CCCCNC1CCCC1O. The van der Waals surface area contributed by atoms with E-state index in [1.807, 2.05) is 0 Å². The van der Waals surface area contributed by atoms with E-state index in [1.165, 1.54) is 25.8 Å². The molecule has 3 nitrogen and oxygen atoms in total. The first-order valence-electron chi connectivity index (χ1n) is 6.73. The van der Waals surface area contributed by atoms with Crippen LogP contribution in [0.4, 0.5) is 0 Å². The van der Waals surface area contributed by atoms with Crippen molar-refractivity contribution in [3.8, 4) is 0 Å². The average Bonchev–Trinajstić information content (AvgIpc) is 2.63. The zero-order valence-corrected chi connectivity index (χ0v) is 11.1. The summed E-state index contributed by atoms with van der Waals surface area (Å²) in [5, 5.41) is 13.1. The molecule has 0 amide bonds. The van der Waals surface area contributed by atoms with E-state index in [4.69, 9.17) is 0 Å². The highest BCUT2D eigenvalue weighted by molar-refractivity contribution is 4.82. The summed E-state index contributed by atoms with van der Waals surface area (Å²) >= 11 is 0. The van der Waals surface area contributed by atoms with Gasteiger partial charge in [-0.1, -0.05) is 0 Å². The van der Waals surface area contributed by atoms with Crippen LogP contribution >= 0.6 is 0 Å². The monoisotopic (exact) mass is 228 g/mol. The maximum Gasteiger partial charge on any atom is 0.0693 e. The average molecular weight is 228 g/mol. The minimum Gasteiger partial charge on any atom is -0.392 e. The van der Waals surface area contributed by atoms with Gasteiger partial charge in [0, 0.05) is 12.1 Å². The maximum atomic E-state index is 9.64. The molecular weight excluding hydrogens is 200 g/mol. The molecule has 0 aliphatic heterocycles. The molecule has 0 radical (unpaired) electrons. The molecular formula is C13H28N2O. The predicted octanol–water partition coefficient (Wildman–Crippen LogP) is 1.61. The molecule has 1 aliphatic rings. The molecule has 96 valence electrons. The molecule has 0 spiro atoms. The summed E-state index contributed by atoms with van der Waals surface area (Å²) in [5.41, 5.74) is 0. The Hall–Kier alpha value is -0.120. The third kappa shape index (κ3) is 4.81. The minimum absolute atomic E-state index is 0.0988. The largest absolute Gasteiger partial charge is 0.392 e. The fourth-order valence-electron chi connectivity index (χ4n) is 2.21. The smallest absolute Gasteiger partial charge is 0.0693 e. The Morgan fingerprint density at radius 2 is 2.06 bits per heavy atom. The van der Waals surface area contributed by atoms with Gasteiger partial charge < -0.3 is 15.3 Å². The third-order valence-electron chi connectivity index (χ3n) is 3.71. The zero-order chi connectivity index (χ0) is 12.0. The van der Waals surface area contributed by atoms with Crippen molar-refractivity contribution >= 4 is 0 Å². The molecule has 2 unspecified atom stereocenters. The Bertz CT molecular complexity index is 185. The van der Waals surface area contributed by atoms with E-state index in [1.54, 1.807) is 0 Å². The van der Waals surface area contributed by atoms with E-state index in [0.717, 1.165) is 19.4 Å². The number of nitrogens with one attached hydrogen (secondary N) is 1. The second-order valence-electron chi connectivity index (χ2n) is 5.34. The number of hydrogen-bond donors (Lipinski definition) is 2. The van der Waals surface area contributed by atoms with Crippen molar-refractivity contribution in [2.75, 3.05) is 20.1 Å². The lowest BCUT2D eigenvalue weighted by Crippen LogP contribution is -2.36. The van der Waals surface area contributed by atoms with E-state index in [2.05, 4.69) is 31.1 Å². The Kier molecular flexibility index (Phi) is 6.32. The Labute approximate surface area is 100 Å². The van der Waals surface area contributed by atoms with Crippen molar-refractivity contribution in [3.63, 3.8) is 0 Å². The molecule has 3 heteroatoms. The van der Waals surface area contributed by atoms with Crippen LogP contribution in [0.3, 0.4) is 0 Å². The summed E-state index contributed by atoms with van der Waals surface area (Å²) in [6, 6.07) is 1.01. The van der Waals surface area contributed by atoms with Gasteiger partial charge in [0.2, 0.25) is 0 Å². The first kappa shape index (κ1) is 13.9. The summed E-state index contributed by atoms with van der Waals surface area (Å²) in [6.07, 6.45) is 5.65. The van der Waals surface area contributed by atoms with Crippen molar-refractivity contribution in [2.24, 2.45) is 0 Å². The minimum atomic E-state index is -0.0988. The number of unbranched alkanes of at least 4 members (excludes halogenated alkanes) is 1. The van der Waals surface area contributed by atoms with E-state index in [9.17, 15) is 5.11 Å². The number of hydrogen-bond acceptors (Lipinski definition) is 3. The van der Waals surface area contributed by atoms with Gasteiger partial charge in [-0.3, -0.25) is 0 Å². The predicted molar refractivity (Wildman–Crippen MR) is 68.6 cm³/mol. The lowest BCUT2D eigenvalue weighted by atomic mass is 10.2. The van der Waals surface area contributed by atoms with Crippen LogP contribution in [0.25, 0.3) is 0 Å². The fraction of sp³-hybridized carbons (Fsp3) is 1.00. The van der Waals surface area contributed by atoms with Crippen LogP contribution in [-0.2, 0) is 0 Å². The summed E-state index contributed by atoms with van der Waals surface area (Å²) in [4.78, 5) is 2.38. The Morgan fingerprint density at radius 1 is 1.31 bits per heavy atom. The van der Waals surface area contributed by atoms with Crippen LogP contribution in [0, 0.1) is 0 Å². The highest BCUT2D eigenvalue weighted by atomic mass is 16.3. The van der Waals surface area contributed by atoms with Crippen LogP contribution in [0.15, 0.2) is 0 Å². The van der Waals surface area contributed by atoms with Crippen LogP contribution in [0.2, 0.25) is 0 Å². The van der Waals surface area contributed by atoms with Gasteiger partial charge in [0.25, 0.3) is 0 Å². The van der Waals surface area contributed by atoms with Gasteiger partial charge in [0.05, 0.1) is 6.10 Å². The van der Waals surface area contributed by atoms with Crippen LogP contribution in [0.5, 0.6) is 0 Å². The molecule has 1 aliphatic carbocycles. The first-order chi connectivity index (χ1) is 7.61. The van der Waals surface area contributed by atoms with Gasteiger partial charge >= 0.3 is 0 Å². The summed E-state index contributed by atoms with van der Waals surface area (Å²) < 4.78 is 0. The molecule has 0 heterocycles. The molecule has 0 aromatic carbocycles. The molecule has 1 fully saturated rings. The summed E-state index contributed by atoms with van der Waals surface area (Å²) in [5.74, 6) is 0. The fourth-order valence-corrected chi connectivity index (χ4v) is 2.21. The molecule has 2 N–H and O–H groups in total. The van der Waals surface area contributed by atoms with Gasteiger partial charge in [-0.05, 0) is 66.1 Å². The maximum absolute atomic E-state index is 9.64. The number of nitrogens with zero attached hydrogens (tertiary/aromatic N) is 1. The van der Waals surface area contributed by atoms with Crippen molar-refractivity contribution in [2.45, 2.75) is 64.1 Å². The molecule has 0 bridgehead atoms. The van der Waals surface area contributed by atoms with Crippen molar-refractivity contribution in [3.05, 3.63) is 0 Å². The number of aliphatic hydroxyl groups excluding tert-OH is 1. The van der Waals surface area contributed by atoms with E-state index in [-0.39, 0.29) is 6.10 Å². The molecule has 16 heavy (non-hydrogen) atoms. The number of aliphatic hydroxyl groups is 1. The quantitative estimate of drug-likeness (QED) is 0.650. The topological polar surface area (TPSA) is 35.5 Å². The van der Waals surface area contributed by atoms with Gasteiger partial charge in [0.15, 0.2) is 0 Å². The normalized spacial score (nSPS) is 25.9.